The molecule has 4 rings (SSSR count). The number of amides is 2. The van der Waals surface area contributed by atoms with Crippen molar-refractivity contribution in [2.75, 3.05) is 59.4 Å². The molecule has 1 aromatic carbocycles. The molecule has 2 fully saturated rings. The Morgan fingerprint density at radius 1 is 1.07 bits per heavy atom. The van der Waals surface area contributed by atoms with Crippen LogP contribution in [0.4, 0.5) is 0 Å². The first-order valence-electron chi connectivity index (χ1n) is 11.1. The number of nitrogens with one attached hydrogen (secondary N) is 1. The van der Waals surface area contributed by atoms with Crippen LogP contribution in [0.5, 0.6) is 0 Å². The smallest absolute Gasteiger partial charge is 0.254 e. The Bertz CT molecular complexity index is 879. The minimum absolute atomic E-state index is 0.0502. The number of nitrogens with zero attached hydrogens (tertiary/aromatic N) is 4. The monoisotopic (exact) mass is 411 g/mol. The SMILES string of the molecule is CCN(CC(=O)N1CCN(C2CCN(C)CC2)CC1)C(=O)c1ccc2cc[nH]c2c1. The van der Waals surface area contributed by atoms with Gasteiger partial charge >= 0.3 is 0 Å². The number of carbonyl (C=O) groups is 2. The van der Waals surface area contributed by atoms with Gasteiger partial charge in [0.05, 0.1) is 0 Å². The summed E-state index contributed by atoms with van der Waals surface area (Å²) in [5.41, 5.74) is 1.56. The van der Waals surface area contributed by atoms with Gasteiger partial charge < -0.3 is 19.7 Å². The predicted octanol–water partition coefficient (Wildman–Crippen LogP) is 1.87. The molecule has 2 amide bonds. The van der Waals surface area contributed by atoms with E-state index in [9.17, 15) is 9.59 Å². The number of rotatable bonds is 5. The second-order valence-corrected chi connectivity index (χ2v) is 8.55. The molecule has 0 saturated carbocycles. The molecule has 3 heterocycles. The van der Waals surface area contributed by atoms with E-state index in [-0.39, 0.29) is 18.4 Å². The second-order valence-electron chi connectivity index (χ2n) is 8.55. The molecule has 1 N–H and O–H groups in total. The number of piperazine rings is 1. The molecule has 0 radical (unpaired) electrons. The molecule has 0 unspecified atom stereocenters. The van der Waals surface area contributed by atoms with E-state index in [2.05, 4.69) is 21.8 Å². The van der Waals surface area contributed by atoms with Crippen LogP contribution in [0.3, 0.4) is 0 Å². The van der Waals surface area contributed by atoms with Crippen molar-refractivity contribution in [3.8, 4) is 0 Å². The summed E-state index contributed by atoms with van der Waals surface area (Å²) < 4.78 is 0. The lowest BCUT2D eigenvalue weighted by Crippen LogP contribution is -2.55. The average Bonchev–Trinajstić information content (AvgIpc) is 3.25. The fourth-order valence-electron chi connectivity index (χ4n) is 4.65. The third-order valence-corrected chi connectivity index (χ3v) is 6.67. The third-order valence-electron chi connectivity index (χ3n) is 6.67. The van der Waals surface area contributed by atoms with Gasteiger partial charge in [-0.1, -0.05) is 6.07 Å². The zero-order valence-electron chi connectivity index (χ0n) is 18.1. The molecule has 7 nitrogen and oxygen atoms in total. The van der Waals surface area contributed by atoms with E-state index in [4.69, 9.17) is 0 Å². The summed E-state index contributed by atoms with van der Waals surface area (Å²) in [4.78, 5) is 37.5. The molecule has 2 aliphatic heterocycles. The molecule has 2 aliphatic rings. The number of aromatic nitrogens is 1. The van der Waals surface area contributed by atoms with Gasteiger partial charge in [0.25, 0.3) is 5.91 Å². The number of likely N-dealkylation sites (tertiary alicyclic amines) is 1. The van der Waals surface area contributed by atoms with Gasteiger partial charge in [0.15, 0.2) is 0 Å². The molecule has 30 heavy (non-hydrogen) atoms. The Hall–Kier alpha value is -2.38. The maximum absolute atomic E-state index is 13.0. The van der Waals surface area contributed by atoms with Crippen molar-refractivity contribution in [2.24, 2.45) is 0 Å². The van der Waals surface area contributed by atoms with Crippen LogP contribution < -0.4 is 0 Å². The lowest BCUT2D eigenvalue weighted by atomic mass is 10.0. The number of hydrogen-bond acceptors (Lipinski definition) is 4. The molecule has 0 atom stereocenters. The first-order chi connectivity index (χ1) is 14.5. The van der Waals surface area contributed by atoms with Crippen molar-refractivity contribution in [1.29, 1.82) is 0 Å². The van der Waals surface area contributed by atoms with E-state index in [1.807, 2.05) is 42.3 Å². The largest absolute Gasteiger partial charge is 0.361 e. The van der Waals surface area contributed by atoms with Crippen molar-refractivity contribution in [1.82, 2.24) is 24.6 Å². The Morgan fingerprint density at radius 2 is 1.80 bits per heavy atom. The molecule has 1 aromatic heterocycles. The maximum Gasteiger partial charge on any atom is 0.254 e. The van der Waals surface area contributed by atoms with Crippen molar-refractivity contribution in [3.63, 3.8) is 0 Å². The highest BCUT2D eigenvalue weighted by Crippen LogP contribution is 2.18. The number of hydrogen-bond donors (Lipinski definition) is 1. The van der Waals surface area contributed by atoms with Crippen LogP contribution >= 0.6 is 0 Å². The zero-order valence-corrected chi connectivity index (χ0v) is 18.1. The molecule has 2 aromatic rings. The van der Waals surface area contributed by atoms with E-state index >= 15 is 0 Å². The fourth-order valence-corrected chi connectivity index (χ4v) is 4.65. The maximum atomic E-state index is 13.0. The summed E-state index contributed by atoms with van der Waals surface area (Å²) >= 11 is 0. The van der Waals surface area contributed by atoms with Gasteiger partial charge in [-0.2, -0.15) is 0 Å². The molecule has 2 saturated heterocycles. The summed E-state index contributed by atoms with van der Waals surface area (Å²) in [6, 6.07) is 8.28. The van der Waals surface area contributed by atoms with Crippen LogP contribution in [0.25, 0.3) is 10.9 Å². The lowest BCUT2D eigenvalue weighted by molar-refractivity contribution is -0.134. The van der Waals surface area contributed by atoms with Gasteiger partial charge in [-0.3, -0.25) is 14.5 Å². The molecule has 0 aliphatic carbocycles. The topological polar surface area (TPSA) is 62.9 Å². The fraction of sp³-hybridized carbons (Fsp3) is 0.565. The molecular weight excluding hydrogens is 378 g/mol. The average molecular weight is 412 g/mol. The van der Waals surface area contributed by atoms with Crippen LogP contribution in [0.2, 0.25) is 0 Å². The van der Waals surface area contributed by atoms with Crippen LogP contribution in [0.15, 0.2) is 30.5 Å². The number of fused-ring (bicyclic) bond motifs is 1. The van der Waals surface area contributed by atoms with Crippen molar-refractivity contribution < 1.29 is 9.59 Å². The number of H-pyrrole nitrogens is 1. The number of piperidine rings is 1. The lowest BCUT2D eigenvalue weighted by Gasteiger charge is -2.42. The standard InChI is InChI=1S/C23H33N5O2/c1-3-26(23(30)19-5-4-18-6-9-24-21(18)16-19)17-22(29)28-14-12-27(13-15-28)20-7-10-25(2)11-8-20/h4-6,9,16,20,24H,3,7-8,10-15,17H2,1-2H3. The minimum atomic E-state index is -0.0905. The Labute approximate surface area is 178 Å². The summed E-state index contributed by atoms with van der Waals surface area (Å²) in [7, 11) is 2.18. The molecule has 0 spiro atoms. The van der Waals surface area contributed by atoms with Crippen LogP contribution in [0.1, 0.15) is 30.1 Å². The van der Waals surface area contributed by atoms with Gasteiger partial charge in [-0.15, -0.1) is 0 Å². The van der Waals surface area contributed by atoms with E-state index in [1.165, 1.54) is 12.8 Å². The first kappa shape index (κ1) is 20.9. The second kappa shape index (κ2) is 9.18. The highest BCUT2D eigenvalue weighted by molar-refractivity contribution is 5.99. The predicted molar refractivity (Wildman–Crippen MR) is 119 cm³/mol. The molecule has 162 valence electrons. The Morgan fingerprint density at radius 3 is 2.50 bits per heavy atom. The summed E-state index contributed by atoms with van der Waals surface area (Å²) in [5.74, 6) is -0.0403. The Kier molecular flexibility index (Phi) is 6.39. The van der Waals surface area contributed by atoms with Gasteiger partial charge in [-0.05, 0) is 63.5 Å². The van der Waals surface area contributed by atoms with Gasteiger partial charge in [-0.25, -0.2) is 0 Å². The normalized spacial score (nSPS) is 19.3. The van der Waals surface area contributed by atoms with E-state index in [0.29, 0.717) is 18.2 Å². The number of likely N-dealkylation sites (N-methyl/N-ethyl adjacent to an activating group) is 1. The third kappa shape index (κ3) is 4.52. The Balaban J connectivity index is 1.31. The summed E-state index contributed by atoms with van der Waals surface area (Å²) in [6.07, 6.45) is 4.30. The van der Waals surface area contributed by atoms with Crippen molar-refractivity contribution in [3.05, 3.63) is 36.0 Å². The number of benzene rings is 1. The molecule has 0 bridgehead atoms. The summed E-state index contributed by atoms with van der Waals surface area (Å²) in [6.45, 7) is 8.28. The quantitative estimate of drug-likeness (QED) is 0.816. The highest BCUT2D eigenvalue weighted by Gasteiger charge is 2.29. The number of carbonyl (C=O) groups excluding carboxylic acids is 2. The van der Waals surface area contributed by atoms with E-state index in [0.717, 1.165) is 50.2 Å². The van der Waals surface area contributed by atoms with E-state index in [1.54, 1.807) is 4.90 Å². The van der Waals surface area contributed by atoms with Gasteiger partial charge in [0, 0.05) is 56.0 Å². The van der Waals surface area contributed by atoms with Crippen molar-refractivity contribution in [2.45, 2.75) is 25.8 Å². The first-order valence-corrected chi connectivity index (χ1v) is 11.1. The van der Waals surface area contributed by atoms with Crippen LogP contribution in [-0.4, -0.2) is 102 Å². The number of aromatic amines is 1. The van der Waals surface area contributed by atoms with Crippen LogP contribution in [-0.2, 0) is 4.79 Å². The van der Waals surface area contributed by atoms with E-state index < -0.39 is 0 Å². The molecular formula is C23H33N5O2. The molecule has 7 heteroatoms. The highest BCUT2D eigenvalue weighted by atomic mass is 16.2. The summed E-state index contributed by atoms with van der Waals surface area (Å²) in [5, 5.41) is 1.08. The minimum Gasteiger partial charge on any atom is -0.361 e. The van der Waals surface area contributed by atoms with Crippen LogP contribution in [0, 0.1) is 0 Å². The van der Waals surface area contributed by atoms with Gasteiger partial charge in [0.1, 0.15) is 6.54 Å². The van der Waals surface area contributed by atoms with Gasteiger partial charge in [0.2, 0.25) is 5.91 Å². The zero-order chi connectivity index (χ0) is 21.1. The van der Waals surface area contributed by atoms with Crippen molar-refractivity contribution >= 4 is 22.7 Å².